The third kappa shape index (κ3) is 2.66. The molecule has 1 heterocycles. The van der Waals surface area contributed by atoms with E-state index in [-0.39, 0.29) is 6.61 Å². The van der Waals surface area contributed by atoms with Crippen LogP contribution in [-0.4, -0.2) is 16.7 Å². The molecule has 0 fully saturated rings. The number of thiazole rings is 1. The van der Waals surface area contributed by atoms with E-state index >= 15 is 0 Å². The number of rotatable bonds is 3. The van der Waals surface area contributed by atoms with Gasteiger partial charge < -0.3 is 5.11 Å². The molecule has 0 aliphatic rings. The van der Waals surface area contributed by atoms with Gasteiger partial charge in [0.2, 0.25) is 0 Å². The van der Waals surface area contributed by atoms with Gasteiger partial charge in [-0.1, -0.05) is 13.8 Å². The molecule has 1 aromatic rings. The van der Waals surface area contributed by atoms with Crippen molar-refractivity contribution < 1.29 is 5.11 Å². The molecule has 14 heavy (non-hydrogen) atoms. The third-order valence-electron chi connectivity index (χ3n) is 2.18. The summed E-state index contributed by atoms with van der Waals surface area (Å²) >= 11 is 1.68. The quantitative estimate of drug-likeness (QED) is 0.834. The van der Waals surface area contributed by atoms with E-state index in [0.717, 1.165) is 16.3 Å². The fourth-order valence-corrected chi connectivity index (χ4v) is 2.15. The molecule has 0 aromatic carbocycles. The predicted molar refractivity (Wildman–Crippen MR) is 61.5 cm³/mol. The minimum Gasteiger partial charge on any atom is -0.392 e. The largest absolute Gasteiger partial charge is 0.392 e. The number of aliphatic hydroxyl groups is 1. The van der Waals surface area contributed by atoms with Crippen LogP contribution >= 0.6 is 11.3 Å². The van der Waals surface area contributed by atoms with Gasteiger partial charge in [0.1, 0.15) is 0 Å². The zero-order valence-corrected chi connectivity index (χ0v) is 9.98. The third-order valence-corrected chi connectivity index (χ3v) is 3.20. The SMILES string of the molecule is Cc1nc(C)c(/C=C(/CO)C(C)C)s1. The minimum absolute atomic E-state index is 0.133. The molecule has 0 saturated carbocycles. The Kier molecular flexibility index (Phi) is 3.84. The van der Waals surface area contributed by atoms with Gasteiger partial charge in [0.25, 0.3) is 0 Å². The monoisotopic (exact) mass is 211 g/mol. The van der Waals surface area contributed by atoms with Crippen LogP contribution < -0.4 is 0 Å². The van der Waals surface area contributed by atoms with Crippen molar-refractivity contribution in [2.75, 3.05) is 6.61 Å². The first kappa shape index (κ1) is 11.4. The molecule has 1 aromatic heterocycles. The van der Waals surface area contributed by atoms with Crippen molar-refractivity contribution in [1.82, 2.24) is 4.98 Å². The highest BCUT2D eigenvalue weighted by Gasteiger charge is 2.06. The number of hydrogen-bond acceptors (Lipinski definition) is 3. The minimum atomic E-state index is 0.133. The van der Waals surface area contributed by atoms with Crippen LogP contribution in [0.1, 0.15) is 29.4 Å². The maximum absolute atomic E-state index is 9.17. The first-order valence-corrected chi connectivity index (χ1v) is 5.61. The highest BCUT2D eigenvalue weighted by Crippen LogP contribution is 2.22. The number of aryl methyl sites for hydroxylation is 2. The normalized spacial score (nSPS) is 12.6. The van der Waals surface area contributed by atoms with Crippen molar-refractivity contribution >= 4 is 17.4 Å². The van der Waals surface area contributed by atoms with E-state index in [9.17, 15) is 5.11 Å². The van der Waals surface area contributed by atoms with Crippen LogP contribution in [-0.2, 0) is 0 Å². The van der Waals surface area contributed by atoms with Gasteiger partial charge in [-0.3, -0.25) is 0 Å². The summed E-state index contributed by atoms with van der Waals surface area (Å²) in [5.41, 5.74) is 2.12. The van der Waals surface area contributed by atoms with Crippen LogP contribution in [0.4, 0.5) is 0 Å². The number of hydrogen-bond donors (Lipinski definition) is 1. The molecule has 0 aliphatic carbocycles. The van der Waals surface area contributed by atoms with Crippen molar-refractivity contribution in [1.29, 1.82) is 0 Å². The highest BCUT2D eigenvalue weighted by molar-refractivity contribution is 7.12. The molecule has 0 bridgehead atoms. The molecule has 78 valence electrons. The summed E-state index contributed by atoms with van der Waals surface area (Å²) in [6, 6.07) is 0. The first-order valence-electron chi connectivity index (χ1n) is 4.80. The van der Waals surface area contributed by atoms with Gasteiger partial charge in [0, 0.05) is 0 Å². The van der Waals surface area contributed by atoms with Crippen LogP contribution in [0.25, 0.3) is 6.08 Å². The molecule has 1 N–H and O–H groups in total. The Balaban J connectivity index is 3.00. The van der Waals surface area contributed by atoms with Gasteiger partial charge in [0.05, 0.1) is 22.2 Å². The summed E-state index contributed by atoms with van der Waals surface area (Å²) in [5, 5.41) is 10.2. The Hall–Kier alpha value is -0.670. The average Bonchev–Trinajstić information content (AvgIpc) is 2.40. The molecule has 0 spiro atoms. The van der Waals surface area contributed by atoms with E-state index in [4.69, 9.17) is 0 Å². The molecular weight excluding hydrogens is 194 g/mol. The summed E-state index contributed by atoms with van der Waals surface area (Å²) < 4.78 is 0. The second kappa shape index (κ2) is 4.71. The maximum atomic E-state index is 9.17. The van der Waals surface area contributed by atoms with Gasteiger partial charge in [-0.2, -0.15) is 0 Å². The molecule has 0 radical (unpaired) electrons. The fraction of sp³-hybridized carbons (Fsp3) is 0.545. The highest BCUT2D eigenvalue weighted by atomic mass is 32.1. The number of nitrogens with zero attached hydrogens (tertiary/aromatic N) is 1. The van der Waals surface area contributed by atoms with Crippen LogP contribution in [0.3, 0.4) is 0 Å². The molecule has 0 atom stereocenters. The Morgan fingerprint density at radius 2 is 2.14 bits per heavy atom. The number of aromatic nitrogens is 1. The van der Waals surface area contributed by atoms with E-state index in [1.807, 2.05) is 13.8 Å². The molecular formula is C11H17NOS. The van der Waals surface area contributed by atoms with Crippen LogP contribution in [0, 0.1) is 19.8 Å². The summed E-state index contributed by atoms with van der Waals surface area (Å²) in [6.45, 7) is 8.32. The standard InChI is InChI=1S/C11H17NOS/c1-7(2)10(6-13)5-11-8(3)12-9(4)14-11/h5,7,13H,6H2,1-4H3/b10-5-. The Labute approximate surface area is 89.3 Å². The fourth-order valence-electron chi connectivity index (χ4n) is 1.24. The Morgan fingerprint density at radius 3 is 2.50 bits per heavy atom. The zero-order valence-electron chi connectivity index (χ0n) is 9.16. The molecule has 3 heteroatoms. The lowest BCUT2D eigenvalue weighted by Gasteiger charge is -2.06. The van der Waals surface area contributed by atoms with Crippen LogP contribution in [0.5, 0.6) is 0 Å². The average molecular weight is 211 g/mol. The zero-order chi connectivity index (χ0) is 10.7. The van der Waals surface area contributed by atoms with Crippen molar-refractivity contribution in [3.05, 3.63) is 21.2 Å². The lowest BCUT2D eigenvalue weighted by atomic mass is 10.0. The summed E-state index contributed by atoms with van der Waals surface area (Å²) in [6.07, 6.45) is 2.06. The van der Waals surface area contributed by atoms with Gasteiger partial charge in [-0.15, -0.1) is 11.3 Å². The van der Waals surface area contributed by atoms with Gasteiger partial charge in [0.15, 0.2) is 0 Å². The van der Waals surface area contributed by atoms with E-state index in [1.165, 1.54) is 4.88 Å². The maximum Gasteiger partial charge on any atom is 0.0903 e. The molecule has 0 amide bonds. The Morgan fingerprint density at radius 1 is 1.50 bits per heavy atom. The molecule has 0 saturated heterocycles. The molecule has 0 unspecified atom stereocenters. The van der Waals surface area contributed by atoms with Gasteiger partial charge in [-0.25, -0.2) is 4.98 Å². The number of aliphatic hydroxyl groups excluding tert-OH is 1. The van der Waals surface area contributed by atoms with Gasteiger partial charge in [-0.05, 0) is 31.4 Å². The van der Waals surface area contributed by atoms with E-state index in [1.54, 1.807) is 11.3 Å². The first-order chi connectivity index (χ1) is 6.54. The van der Waals surface area contributed by atoms with Crippen molar-refractivity contribution in [3.8, 4) is 0 Å². The van der Waals surface area contributed by atoms with Crippen LogP contribution in [0.15, 0.2) is 5.57 Å². The van der Waals surface area contributed by atoms with Crippen LogP contribution in [0.2, 0.25) is 0 Å². The molecule has 1 rings (SSSR count). The lowest BCUT2D eigenvalue weighted by molar-refractivity contribution is 0.320. The lowest BCUT2D eigenvalue weighted by Crippen LogP contribution is -1.98. The molecule has 0 aliphatic heterocycles. The summed E-state index contributed by atoms with van der Waals surface area (Å²) in [4.78, 5) is 5.52. The summed E-state index contributed by atoms with van der Waals surface area (Å²) in [7, 11) is 0. The van der Waals surface area contributed by atoms with E-state index < -0.39 is 0 Å². The van der Waals surface area contributed by atoms with Crippen molar-refractivity contribution in [2.24, 2.45) is 5.92 Å². The second-order valence-electron chi connectivity index (χ2n) is 3.71. The van der Waals surface area contributed by atoms with E-state index in [2.05, 4.69) is 24.9 Å². The van der Waals surface area contributed by atoms with Gasteiger partial charge >= 0.3 is 0 Å². The predicted octanol–water partition coefficient (Wildman–Crippen LogP) is 2.79. The van der Waals surface area contributed by atoms with E-state index in [0.29, 0.717) is 5.92 Å². The summed E-state index contributed by atoms with van der Waals surface area (Å²) in [5.74, 6) is 0.391. The second-order valence-corrected chi connectivity index (χ2v) is 4.95. The smallest absolute Gasteiger partial charge is 0.0903 e. The van der Waals surface area contributed by atoms with Crippen molar-refractivity contribution in [3.63, 3.8) is 0 Å². The van der Waals surface area contributed by atoms with Crippen molar-refractivity contribution in [2.45, 2.75) is 27.7 Å². The Bertz CT molecular complexity index is 339. The molecule has 2 nitrogen and oxygen atoms in total. The topological polar surface area (TPSA) is 33.1 Å².